The van der Waals surface area contributed by atoms with Crippen molar-refractivity contribution in [2.24, 2.45) is 10.9 Å². The minimum Gasteiger partial charge on any atom is -0.489 e. The van der Waals surface area contributed by atoms with Crippen LogP contribution in [0.5, 0.6) is 5.75 Å². The highest BCUT2D eigenvalue weighted by molar-refractivity contribution is 8.18. The summed E-state index contributed by atoms with van der Waals surface area (Å²) in [6.45, 7) is 2.57. The first-order chi connectivity index (χ1) is 18.1. The van der Waals surface area contributed by atoms with E-state index in [1.165, 1.54) is 18.2 Å². The number of carbonyl (C=O) groups is 1. The lowest BCUT2D eigenvalue weighted by Crippen LogP contribution is -2.44. The Kier molecular flexibility index (Phi) is 7.72. The van der Waals surface area contributed by atoms with Gasteiger partial charge in [-0.15, -0.1) is 0 Å². The van der Waals surface area contributed by atoms with Gasteiger partial charge in [-0.1, -0.05) is 68.3 Å². The first-order valence-electron chi connectivity index (χ1n) is 12.7. The predicted octanol–water partition coefficient (Wildman–Crippen LogP) is 7.32. The first-order valence-corrected chi connectivity index (χ1v) is 13.5. The van der Waals surface area contributed by atoms with Crippen molar-refractivity contribution in [2.45, 2.75) is 45.3 Å². The van der Waals surface area contributed by atoms with Gasteiger partial charge in [0.1, 0.15) is 12.4 Å². The van der Waals surface area contributed by atoms with Gasteiger partial charge in [-0.05, 0) is 72.5 Å². The van der Waals surface area contributed by atoms with Crippen LogP contribution in [0.4, 0.5) is 5.69 Å². The summed E-state index contributed by atoms with van der Waals surface area (Å²) in [4.78, 5) is 21.1. The number of thioether (sulfide) groups is 1. The zero-order chi connectivity index (χ0) is 25.6. The van der Waals surface area contributed by atoms with E-state index in [1.807, 2.05) is 83.8 Å². The van der Waals surface area contributed by atoms with E-state index >= 15 is 0 Å². The van der Waals surface area contributed by atoms with Crippen LogP contribution in [0.25, 0.3) is 6.08 Å². The van der Waals surface area contributed by atoms with Crippen LogP contribution in [-0.2, 0) is 11.4 Å². The molecule has 1 saturated carbocycles. The van der Waals surface area contributed by atoms with E-state index in [-0.39, 0.29) is 11.9 Å². The van der Waals surface area contributed by atoms with Gasteiger partial charge < -0.3 is 4.74 Å². The molecular formula is C31H29N3O2S. The molecule has 2 atom stereocenters. The van der Waals surface area contributed by atoms with Gasteiger partial charge in [-0.25, -0.2) is 4.99 Å². The fraction of sp³-hybridized carbons (Fsp3) is 0.258. The molecule has 3 aromatic carbocycles. The molecule has 37 heavy (non-hydrogen) atoms. The van der Waals surface area contributed by atoms with Gasteiger partial charge in [0.15, 0.2) is 5.17 Å². The Labute approximate surface area is 222 Å². The minimum absolute atomic E-state index is 0.0341. The fourth-order valence-corrected chi connectivity index (χ4v) is 5.92. The van der Waals surface area contributed by atoms with Gasteiger partial charge in [-0.2, -0.15) is 5.26 Å². The van der Waals surface area contributed by atoms with Crippen molar-refractivity contribution in [3.8, 4) is 11.8 Å². The zero-order valence-electron chi connectivity index (χ0n) is 20.8. The molecule has 6 heteroatoms. The predicted molar refractivity (Wildman–Crippen MR) is 149 cm³/mol. The van der Waals surface area contributed by atoms with Crippen LogP contribution >= 0.6 is 11.8 Å². The summed E-state index contributed by atoms with van der Waals surface area (Å²) < 4.78 is 5.90. The zero-order valence-corrected chi connectivity index (χ0v) is 21.7. The van der Waals surface area contributed by atoms with Crippen LogP contribution in [0.15, 0.2) is 88.8 Å². The monoisotopic (exact) mass is 507 g/mol. The molecule has 3 aromatic rings. The summed E-state index contributed by atoms with van der Waals surface area (Å²) in [7, 11) is 0. The Bertz CT molecular complexity index is 1360. The van der Waals surface area contributed by atoms with Gasteiger partial charge in [0.25, 0.3) is 5.91 Å². The number of aliphatic imine (C=N–C) groups is 1. The number of para-hydroxylation sites is 1. The second kappa shape index (κ2) is 11.5. The molecule has 186 valence electrons. The van der Waals surface area contributed by atoms with E-state index < -0.39 is 0 Å². The Hall–Kier alpha value is -3.82. The maximum Gasteiger partial charge on any atom is 0.267 e. The first kappa shape index (κ1) is 24.9. The number of amidine groups is 1. The number of rotatable bonds is 6. The lowest BCUT2D eigenvalue weighted by molar-refractivity contribution is -0.124. The molecule has 0 N–H and O–H groups in total. The molecule has 1 amide bonds. The number of nitrogens with zero attached hydrogens (tertiary/aromatic N) is 3. The van der Waals surface area contributed by atoms with Gasteiger partial charge >= 0.3 is 0 Å². The fourth-order valence-electron chi connectivity index (χ4n) is 4.88. The van der Waals surface area contributed by atoms with Crippen molar-refractivity contribution < 1.29 is 9.53 Å². The average Bonchev–Trinajstić information content (AvgIpc) is 3.23. The molecule has 1 heterocycles. The SMILES string of the molecule is C[C@@H]1CCCC[C@H]1N1C(=O)/C(=C/c2ccc(OCc3ccccc3C#N)cc2)SC1=Nc1ccccc1. The van der Waals surface area contributed by atoms with Crippen LogP contribution in [0, 0.1) is 17.2 Å². The summed E-state index contributed by atoms with van der Waals surface area (Å²) in [5, 5.41) is 10.0. The molecule has 0 aromatic heterocycles. The summed E-state index contributed by atoms with van der Waals surface area (Å²) in [5.74, 6) is 1.19. The van der Waals surface area contributed by atoms with Gasteiger partial charge in [-0.3, -0.25) is 9.69 Å². The number of amides is 1. The standard InChI is InChI=1S/C31H29N3O2S/c1-22-9-5-8-14-28(22)34-30(35)29(37-31(34)33-26-12-3-2-4-13-26)19-23-15-17-27(18-16-23)36-21-25-11-7-6-10-24(25)20-32/h2-4,6-7,10-13,15-19,22,28H,5,8-9,14,21H2,1H3/b29-19-,33-31?/t22-,28-/m1/s1. The van der Waals surface area contributed by atoms with E-state index in [9.17, 15) is 10.1 Å². The number of hydrogen-bond acceptors (Lipinski definition) is 5. The molecule has 5 rings (SSSR count). The Morgan fingerprint density at radius 1 is 1.03 bits per heavy atom. The van der Waals surface area contributed by atoms with E-state index in [4.69, 9.17) is 9.73 Å². The van der Waals surface area contributed by atoms with E-state index in [0.29, 0.717) is 28.7 Å². The highest BCUT2D eigenvalue weighted by Crippen LogP contribution is 2.40. The second-order valence-corrected chi connectivity index (χ2v) is 10.5. The number of carbonyl (C=O) groups excluding carboxylic acids is 1. The van der Waals surface area contributed by atoms with E-state index in [2.05, 4.69) is 13.0 Å². The smallest absolute Gasteiger partial charge is 0.267 e. The number of ether oxygens (including phenoxy) is 1. The van der Waals surface area contributed by atoms with Crippen molar-refractivity contribution >= 4 is 34.6 Å². The highest BCUT2D eigenvalue weighted by Gasteiger charge is 2.41. The average molecular weight is 508 g/mol. The van der Waals surface area contributed by atoms with Crippen molar-refractivity contribution in [2.75, 3.05) is 0 Å². The lowest BCUT2D eigenvalue weighted by Gasteiger charge is -2.35. The summed E-state index contributed by atoms with van der Waals surface area (Å²) in [5.41, 5.74) is 3.25. The molecule has 1 aliphatic heterocycles. The summed E-state index contributed by atoms with van der Waals surface area (Å²) in [6.07, 6.45) is 6.45. The lowest BCUT2D eigenvalue weighted by atomic mass is 9.85. The molecule has 5 nitrogen and oxygen atoms in total. The third-order valence-electron chi connectivity index (χ3n) is 6.93. The van der Waals surface area contributed by atoms with Crippen LogP contribution in [0.2, 0.25) is 0 Å². The normalized spacial score (nSPS) is 21.8. The molecule has 1 aliphatic carbocycles. The molecule has 0 spiro atoms. The molecule has 0 bridgehead atoms. The van der Waals surface area contributed by atoms with Crippen molar-refractivity contribution in [3.05, 3.63) is 100 Å². The topological polar surface area (TPSA) is 65.7 Å². The van der Waals surface area contributed by atoms with Crippen molar-refractivity contribution in [3.63, 3.8) is 0 Å². The Balaban J connectivity index is 1.35. The number of hydrogen-bond donors (Lipinski definition) is 0. The second-order valence-electron chi connectivity index (χ2n) is 9.47. The molecule has 2 fully saturated rings. The molecular weight excluding hydrogens is 478 g/mol. The van der Waals surface area contributed by atoms with Crippen LogP contribution in [0.1, 0.15) is 49.3 Å². The van der Waals surface area contributed by atoms with Gasteiger partial charge in [0, 0.05) is 11.6 Å². The van der Waals surface area contributed by atoms with Gasteiger partial charge in [0.2, 0.25) is 0 Å². The van der Waals surface area contributed by atoms with Crippen LogP contribution in [0.3, 0.4) is 0 Å². The van der Waals surface area contributed by atoms with Gasteiger partial charge in [0.05, 0.1) is 22.2 Å². The quantitative estimate of drug-likeness (QED) is 0.328. The largest absolute Gasteiger partial charge is 0.489 e. The van der Waals surface area contributed by atoms with E-state index in [1.54, 1.807) is 6.07 Å². The number of benzene rings is 3. The van der Waals surface area contributed by atoms with Crippen LogP contribution in [-0.4, -0.2) is 22.0 Å². The minimum atomic E-state index is 0.0341. The van der Waals surface area contributed by atoms with Crippen molar-refractivity contribution in [1.29, 1.82) is 5.26 Å². The van der Waals surface area contributed by atoms with Crippen LogP contribution < -0.4 is 4.74 Å². The van der Waals surface area contributed by atoms with E-state index in [0.717, 1.165) is 41.2 Å². The third-order valence-corrected chi connectivity index (χ3v) is 7.91. The highest BCUT2D eigenvalue weighted by atomic mass is 32.2. The Morgan fingerprint density at radius 3 is 2.51 bits per heavy atom. The Morgan fingerprint density at radius 2 is 1.76 bits per heavy atom. The molecule has 0 radical (unpaired) electrons. The maximum atomic E-state index is 13.6. The summed E-state index contributed by atoms with van der Waals surface area (Å²) in [6, 6.07) is 27.3. The number of nitriles is 1. The van der Waals surface area contributed by atoms with Crippen molar-refractivity contribution in [1.82, 2.24) is 4.90 Å². The maximum absolute atomic E-state index is 13.6. The molecule has 1 saturated heterocycles. The summed E-state index contributed by atoms with van der Waals surface area (Å²) >= 11 is 1.45. The third kappa shape index (κ3) is 5.79. The molecule has 0 unspecified atom stereocenters. The molecule has 2 aliphatic rings.